The SMILES string of the molecule is CC(=O)C1CC2CC1C1C(C)OC(C)C21. The van der Waals surface area contributed by atoms with Crippen molar-refractivity contribution in [1.29, 1.82) is 0 Å². The Morgan fingerprint density at radius 1 is 1.13 bits per heavy atom. The summed E-state index contributed by atoms with van der Waals surface area (Å²) in [6.07, 6.45) is 3.23. The molecule has 2 nitrogen and oxygen atoms in total. The number of hydrogen-bond donors (Lipinski definition) is 0. The standard InChI is InChI=1S/C13H20O2/c1-6(14)10-4-9-5-11(10)13-8(3)15-7(2)12(9)13/h7-13H,4-5H2,1-3H3. The lowest BCUT2D eigenvalue weighted by Gasteiger charge is -2.31. The molecular formula is C13H20O2. The van der Waals surface area contributed by atoms with Gasteiger partial charge in [0.05, 0.1) is 12.2 Å². The molecule has 0 N–H and O–H groups in total. The van der Waals surface area contributed by atoms with E-state index in [1.165, 1.54) is 6.42 Å². The van der Waals surface area contributed by atoms with Crippen molar-refractivity contribution in [3.63, 3.8) is 0 Å². The molecule has 2 saturated carbocycles. The molecule has 0 amide bonds. The Morgan fingerprint density at radius 2 is 1.80 bits per heavy atom. The molecule has 1 aliphatic heterocycles. The van der Waals surface area contributed by atoms with Crippen LogP contribution in [0, 0.1) is 29.6 Å². The summed E-state index contributed by atoms with van der Waals surface area (Å²) >= 11 is 0. The van der Waals surface area contributed by atoms with Crippen molar-refractivity contribution in [1.82, 2.24) is 0 Å². The Morgan fingerprint density at radius 3 is 2.47 bits per heavy atom. The van der Waals surface area contributed by atoms with Crippen LogP contribution in [-0.2, 0) is 9.53 Å². The zero-order valence-electron chi connectivity index (χ0n) is 9.77. The number of Topliss-reactive ketones (excluding diaryl/α,β-unsaturated/α-hetero) is 1. The van der Waals surface area contributed by atoms with Crippen molar-refractivity contribution < 1.29 is 9.53 Å². The molecule has 0 radical (unpaired) electrons. The van der Waals surface area contributed by atoms with Crippen molar-refractivity contribution in [3.8, 4) is 0 Å². The van der Waals surface area contributed by atoms with E-state index < -0.39 is 0 Å². The molecule has 15 heavy (non-hydrogen) atoms. The molecule has 0 aromatic heterocycles. The normalized spacial score (nSPS) is 57.1. The van der Waals surface area contributed by atoms with Crippen molar-refractivity contribution in [3.05, 3.63) is 0 Å². The first-order valence-corrected chi connectivity index (χ1v) is 6.25. The molecular weight excluding hydrogens is 188 g/mol. The lowest BCUT2D eigenvalue weighted by molar-refractivity contribution is -0.123. The molecule has 1 saturated heterocycles. The van der Waals surface area contributed by atoms with Gasteiger partial charge in [0.1, 0.15) is 5.78 Å². The third kappa shape index (κ3) is 1.17. The Labute approximate surface area is 91.4 Å². The molecule has 0 aromatic rings. The van der Waals surface area contributed by atoms with Crippen LogP contribution in [0.1, 0.15) is 33.6 Å². The fraction of sp³-hybridized carbons (Fsp3) is 0.923. The van der Waals surface area contributed by atoms with Crippen LogP contribution in [0.5, 0.6) is 0 Å². The fourth-order valence-electron chi connectivity index (χ4n) is 4.80. The van der Waals surface area contributed by atoms with Gasteiger partial charge in [-0.15, -0.1) is 0 Å². The van der Waals surface area contributed by atoms with Gasteiger partial charge in [-0.25, -0.2) is 0 Å². The van der Waals surface area contributed by atoms with Gasteiger partial charge in [0.2, 0.25) is 0 Å². The number of rotatable bonds is 1. The maximum atomic E-state index is 11.6. The van der Waals surface area contributed by atoms with Crippen molar-refractivity contribution in [2.75, 3.05) is 0 Å². The monoisotopic (exact) mass is 208 g/mol. The highest BCUT2D eigenvalue weighted by Crippen LogP contribution is 2.61. The van der Waals surface area contributed by atoms with E-state index in [9.17, 15) is 4.79 Å². The fourth-order valence-corrected chi connectivity index (χ4v) is 4.80. The smallest absolute Gasteiger partial charge is 0.133 e. The number of carbonyl (C=O) groups excluding carboxylic acids is 1. The first-order chi connectivity index (χ1) is 7.09. The van der Waals surface area contributed by atoms with E-state index in [1.54, 1.807) is 6.92 Å². The van der Waals surface area contributed by atoms with Crippen LogP contribution < -0.4 is 0 Å². The molecule has 3 fully saturated rings. The van der Waals surface area contributed by atoms with Gasteiger partial charge in [-0.1, -0.05) is 0 Å². The van der Waals surface area contributed by atoms with Gasteiger partial charge >= 0.3 is 0 Å². The van der Waals surface area contributed by atoms with Gasteiger partial charge in [-0.3, -0.25) is 4.79 Å². The summed E-state index contributed by atoms with van der Waals surface area (Å²) < 4.78 is 5.93. The summed E-state index contributed by atoms with van der Waals surface area (Å²) in [6.45, 7) is 6.17. The molecule has 7 atom stereocenters. The molecule has 0 spiro atoms. The predicted octanol–water partition coefficient (Wildman–Crippen LogP) is 2.27. The van der Waals surface area contributed by atoms with E-state index in [2.05, 4.69) is 13.8 Å². The number of carbonyl (C=O) groups is 1. The predicted molar refractivity (Wildman–Crippen MR) is 57.4 cm³/mol. The third-order valence-electron chi connectivity index (χ3n) is 5.17. The minimum atomic E-state index is 0.354. The van der Waals surface area contributed by atoms with Gasteiger partial charge in [-0.2, -0.15) is 0 Å². The Bertz CT molecular complexity index is 299. The number of ether oxygens (including phenoxy) is 1. The van der Waals surface area contributed by atoms with Crippen LogP contribution in [0.4, 0.5) is 0 Å². The quantitative estimate of drug-likeness (QED) is 0.660. The van der Waals surface area contributed by atoms with E-state index in [0.29, 0.717) is 35.7 Å². The van der Waals surface area contributed by atoms with E-state index in [4.69, 9.17) is 4.74 Å². The minimum absolute atomic E-state index is 0.354. The summed E-state index contributed by atoms with van der Waals surface area (Å²) in [4.78, 5) is 11.6. The van der Waals surface area contributed by atoms with Gasteiger partial charge in [0.25, 0.3) is 0 Å². The molecule has 7 unspecified atom stereocenters. The van der Waals surface area contributed by atoms with Gasteiger partial charge in [0, 0.05) is 5.92 Å². The lowest BCUT2D eigenvalue weighted by Crippen LogP contribution is -2.34. The van der Waals surface area contributed by atoms with E-state index >= 15 is 0 Å². The third-order valence-corrected chi connectivity index (χ3v) is 5.17. The minimum Gasteiger partial charge on any atom is -0.375 e. The molecule has 0 aromatic carbocycles. The maximum absolute atomic E-state index is 11.6. The molecule has 2 heteroatoms. The highest BCUT2D eigenvalue weighted by Gasteiger charge is 2.60. The van der Waals surface area contributed by atoms with Gasteiger partial charge in [-0.05, 0) is 57.3 Å². The zero-order valence-corrected chi connectivity index (χ0v) is 9.77. The van der Waals surface area contributed by atoms with E-state index in [-0.39, 0.29) is 0 Å². The second-order valence-corrected chi connectivity index (χ2v) is 5.81. The van der Waals surface area contributed by atoms with Crippen LogP contribution in [0.25, 0.3) is 0 Å². The van der Waals surface area contributed by atoms with Crippen molar-refractivity contribution in [2.24, 2.45) is 29.6 Å². The number of hydrogen-bond acceptors (Lipinski definition) is 2. The van der Waals surface area contributed by atoms with Crippen LogP contribution >= 0.6 is 0 Å². The molecule has 1 heterocycles. The molecule has 2 aliphatic carbocycles. The first-order valence-electron chi connectivity index (χ1n) is 6.25. The van der Waals surface area contributed by atoms with Gasteiger partial charge in [0.15, 0.2) is 0 Å². The van der Waals surface area contributed by atoms with Crippen LogP contribution in [0.3, 0.4) is 0 Å². The van der Waals surface area contributed by atoms with E-state index in [0.717, 1.165) is 18.3 Å². The number of fused-ring (bicyclic) bond motifs is 5. The Balaban J connectivity index is 1.89. The average molecular weight is 208 g/mol. The topological polar surface area (TPSA) is 26.3 Å². The highest BCUT2D eigenvalue weighted by atomic mass is 16.5. The molecule has 3 rings (SSSR count). The van der Waals surface area contributed by atoms with Crippen molar-refractivity contribution >= 4 is 5.78 Å². The largest absolute Gasteiger partial charge is 0.375 e. The second kappa shape index (κ2) is 3.07. The highest BCUT2D eigenvalue weighted by molar-refractivity contribution is 5.79. The average Bonchev–Trinajstić information content (AvgIpc) is 2.77. The zero-order chi connectivity index (χ0) is 10.7. The maximum Gasteiger partial charge on any atom is 0.133 e. The van der Waals surface area contributed by atoms with E-state index in [1.807, 2.05) is 0 Å². The van der Waals surface area contributed by atoms with Crippen LogP contribution in [-0.4, -0.2) is 18.0 Å². The summed E-state index contributed by atoms with van der Waals surface area (Å²) in [5.41, 5.74) is 0. The Kier molecular flexibility index (Phi) is 2.01. The Hall–Kier alpha value is -0.370. The first kappa shape index (κ1) is 9.83. The summed E-state index contributed by atoms with van der Waals surface area (Å²) in [7, 11) is 0. The molecule has 84 valence electrons. The second-order valence-electron chi connectivity index (χ2n) is 5.81. The van der Waals surface area contributed by atoms with Gasteiger partial charge < -0.3 is 4.74 Å². The van der Waals surface area contributed by atoms with Crippen molar-refractivity contribution in [2.45, 2.75) is 45.8 Å². The summed E-state index contributed by atoms with van der Waals surface area (Å²) in [6, 6.07) is 0. The molecule has 2 bridgehead atoms. The van der Waals surface area contributed by atoms with Crippen LogP contribution in [0.2, 0.25) is 0 Å². The lowest BCUT2D eigenvalue weighted by atomic mass is 9.71. The molecule has 3 aliphatic rings. The summed E-state index contributed by atoms with van der Waals surface area (Å²) in [5, 5.41) is 0. The van der Waals surface area contributed by atoms with Crippen LogP contribution in [0.15, 0.2) is 0 Å². The summed E-state index contributed by atoms with van der Waals surface area (Å²) in [5.74, 6) is 3.60. The number of ketones is 1.